The molecule has 3 aromatic heterocycles. The summed E-state index contributed by atoms with van der Waals surface area (Å²) < 4.78 is 7.56. The van der Waals surface area contributed by atoms with Gasteiger partial charge in [0.05, 0.1) is 21.4 Å². The van der Waals surface area contributed by atoms with E-state index in [-0.39, 0.29) is 0 Å². The van der Waals surface area contributed by atoms with Crippen LogP contribution in [0, 0.1) is 0 Å². The van der Waals surface area contributed by atoms with Crippen molar-refractivity contribution in [2.45, 2.75) is 0 Å². The van der Waals surface area contributed by atoms with Crippen molar-refractivity contribution >= 4 is 102 Å². The van der Waals surface area contributed by atoms with Crippen LogP contribution in [-0.4, -0.2) is 4.57 Å². The molecule has 0 fully saturated rings. The molecule has 58 heavy (non-hydrogen) atoms. The summed E-state index contributed by atoms with van der Waals surface area (Å²) in [6, 6.07) is 75.7. The number of hydrogen-bond acceptors (Lipinski definition) is 3. The van der Waals surface area contributed by atoms with Gasteiger partial charge >= 0.3 is 0 Å². The molecule has 0 bridgehead atoms. The molecule has 9 aromatic carbocycles. The Morgan fingerprint density at radius 1 is 0.328 bits per heavy atom. The summed E-state index contributed by atoms with van der Waals surface area (Å²) in [5, 5.41) is 7.70. The summed E-state index contributed by atoms with van der Waals surface area (Å²) in [5.74, 6) is 0. The number of hydrogen-bond donors (Lipinski definition) is 0. The Hall–Kier alpha value is -6.98. The molecule has 2 nitrogen and oxygen atoms in total. The fraction of sp³-hybridized carbons (Fsp3) is 0. The van der Waals surface area contributed by atoms with Crippen molar-refractivity contribution in [2.24, 2.45) is 0 Å². The number of rotatable bonds is 6. The second kappa shape index (κ2) is 13.3. The summed E-state index contributed by atoms with van der Waals surface area (Å²) in [4.78, 5) is 2.48. The predicted molar refractivity (Wildman–Crippen MR) is 252 cm³/mol. The van der Waals surface area contributed by atoms with Crippen LogP contribution >= 0.6 is 22.7 Å². The molecule has 0 radical (unpaired) electrons. The number of aromatic nitrogens is 1. The van der Waals surface area contributed by atoms with E-state index in [1.165, 1.54) is 90.1 Å². The monoisotopic (exact) mass is 774 g/mol. The molecule has 0 aliphatic rings. The minimum absolute atomic E-state index is 1.12. The molecule has 0 amide bonds. The Morgan fingerprint density at radius 2 is 0.897 bits per heavy atom. The summed E-state index contributed by atoms with van der Waals surface area (Å²) in [6.45, 7) is 0. The lowest BCUT2D eigenvalue weighted by Gasteiger charge is -2.27. The third-order valence-corrected chi connectivity index (χ3v) is 13.9. The lowest BCUT2D eigenvalue weighted by atomic mass is 10.00. The van der Waals surface area contributed by atoms with E-state index in [1.54, 1.807) is 0 Å². The highest BCUT2D eigenvalue weighted by atomic mass is 32.1. The Balaban J connectivity index is 1.06. The van der Waals surface area contributed by atoms with Crippen LogP contribution in [0.4, 0.5) is 17.1 Å². The quantitative estimate of drug-likeness (QED) is 0.163. The number of para-hydroxylation sites is 2. The molecule has 0 spiro atoms. The number of fused-ring (bicyclic) bond motifs is 9. The van der Waals surface area contributed by atoms with E-state index in [0.717, 1.165) is 17.1 Å². The van der Waals surface area contributed by atoms with Crippen LogP contribution in [0.25, 0.3) is 90.1 Å². The van der Waals surface area contributed by atoms with Gasteiger partial charge in [0.1, 0.15) is 0 Å². The Bertz CT molecular complexity index is 3500. The van der Waals surface area contributed by atoms with Crippen LogP contribution in [0.3, 0.4) is 0 Å². The van der Waals surface area contributed by atoms with E-state index in [2.05, 4.69) is 216 Å². The van der Waals surface area contributed by atoms with Gasteiger partial charge in [0.2, 0.25) is 0 Å². The maximum atomic E-state index is 2.48. The largest absolute Gasteiger partial charge is 0.309 e. The predicted octanol–water partition coefficient (Wildman–Crippen LogP) is 16.3. The van der Waals surface area contributed by atoms with E-state index >= 15 is 0 Å². The van der Waals surface area contributed by atoms with Crippen molar-refractivity contribution in [3.05, 3.63) is 206 Å². The van der Waals surface area contributed by atoms with Gasteiger partial charge in [-0.05, 0) is 95.1 Å². The third-order valence-electron chi connectivity index (χ3n) is 11.6. The lowest BCUT2D eigenvalue weighted by Crippen LogP contribution is -2.10. The standard InChI is InChI=1S/C54H34N2S2/c1-3-13-35(14-4-1)38-31-47-45-19-9-12-22-52(45)58-54(47)50(33-38)55(41-28-30-46-44-18-8-11-21-51(44)57-53(46)34-41)40-26-23-36(24-27-40)37-25-29-43-42-17-7-10-20-48(42)56(49(43)32-37)39-15-5-2-6-16-39/h1-34H. The van der Waals surface area contributed by atoms with Crippen LogP contribution in [0.2, 0.25) is 0 Å². The Labute approximate surface area is 343 Å². The molecular weight excluding hydrogens is 741 g/mol. The second-order valence-corrected chi connectivity index (χ2v) is 17.1. The number of anilines is 3. The maximum absolute atomic E-state index is 2.48. The van der Waals surface area contributed by atoms with Crippen LogP contribution in [-0.2, 0) is 0 Å². The molecule has 12 rings (SSSR count). The molecule has 0 unspecified atom stereocenters. The SMILES string of the molecule is c1ccc(-c2cc(N(c3ccc(-c4ccc5c6ccccc6n(-c6ccccc6)c5c4)cc3)c3ccc4c(c3)sc3ccccc34)c3sc4ccccc4c3c2)cc1. The van der Waals surface area contributed by atoms with E-state index in [9.17, 15) is 0 Å². The van der Waals surface area contributed by atoms with E-state index < -0.39 is 0 Å². The lowest BCUT2D eigenvalue weighted by molar-refractivity contribution is 1.18. The van der Waals surface area contributed by atoms with Gasteiger partial charge in [-0.25, -0.2) is 0 Å². The van der Waals surface area contributed by atoms with Gasteiger partial charge in [-0.1, -0.05) is 133 Å². The fourth-order valence-electron chi connectivity index (χ4n) is 8.86. The first-order chi connectivity index (χ1) is 28.7. The first kappa shape index (κ1) is 33.2. The maximum Gasteiger partial charge on any atom is 0.0646 e. The highest BCUT2D eigenvalue weighted by Gasteiger charge is 2.21. The first-order valence-corrected chi connectivity index (χ1v) is 21.3. The molecule has 0 aliphatic heterocycles. The van der Waals surface area contributed by atoms with Crippen molar-refractivity contribution in [3.8, 4) is 27.9 Å². The van der Waals surface area contributed by atoms with Crippen molar-refractivity contribution in [2.75, 3.05) is 4.90 Å². The van der Waals surface area contributed by atoms with E-state index in [1.807, 2.05) is 22.7 Å². The Kier molecular flexibility index (Phi) is 7.62. The number of nitrogens with zero attached hydrogens (tertiary/aromatic N) is 2. The van der Waals surface area contributed by atoms with Gasteiger partial charge in [-0.15, -0.1) is 22.7 Å². The normalized spacial score (nSPS) is 11.8. The first-order valence-electron chi connectivity index (χ1n) is 19.7. The van der Waals surface area contributed by atoms with Gasteiger partial charge in [0, 0.05) is 63.5 Å². The fourth-order valence-corrected chi connectivity index (χ4v) is 11.2. The molecule has 3 heterocycles. The molecule has 12 aromatic rings. The third kappa shape index (κ3) is 5.30. The minimum Gasteiger partial charge on any atom is -0.309 e. The van der Waals surface area contributed by atoms with Gasteiger partial charge < -0.3 is 9.47 Å². The topological polar surface area (TPSA) is 8.17 Å². The molecular formula is C54H34N2S2. The zero-order valence-corrected chi connectivity index (χ0v) is 33.0. The summed E-state index contributed by atoms with van der Waals surface area (Å²) in [5.41, 5.74) is 11.8. The zero-order chi connectivity index (χ0) is 38.2. The molecule has 0 saturated carbocycles. The van der Waals surface area contributed by atoms with Crippen LogP contribution < -0.4 is 4.90 Å². The van der Waals surface area contributed by atoms with Crippen LogP contribution in [0.1, 0.15) is 0 Å². The van der Waals surface area contributed by atoms with Crippen molar-refractivity contribution in [1.82, 2.24) is 4.57 Å². The van der Waals surface area contributed by atoms with Crippen molar-refractivity contribution in [1.29, 1.82) is 0 Å². The van der Waals surface area contributed by atoms with Gasteiger partial charge in [-0.3, -0.25) is 0 Å². The summed E-state index contributed by atoms with van der Waals surface area (Å²) in [6.07, 6.45) is 0. The summed E-state index contributed by atoms with van der Waals surface area (Å²) >= 11 is 3.74. The average molecular weight is 775 g/mol. The molecule has 0 atom stereocenters. The molecule has 4 heteroatoms. The molecule has 0 N–H and O–H groups in total. The minimum atomic E-state index is 1.12. The van der Waals surface area contributed by atoms with Crippen molar-refractivity contribution < 1.29 is 0 Å². The molecule has 0 aliphatic carbocycles. The van der Waals surface area contributed by atoms with Crippen LogP contribution in [0.15, 0.2) is 206 Å². The molecule has 0 saturated heterocycles. The smallest absolute Gasteiger partial charge is 0.0646 e. The highest BCUT2D eigenvalue weighted by molar-refractivity contribution is 7.26. The highest BCUT2D eigenvalue weighted by Crippen LogP contribution is 2.48. The Morgan fingerprint density at radius 3 is 1.69 bits per heavy atom. The van der Waals surface area contributed by atoms with Gasteiger partial charge in [0.25, 0.3) is 0 Å². The van der Waals surface area contributed by atoms with E-state index in [4.69, 9.17) is 0 Å². The molecule has 272 valence electrons. The zero-order valence-electron chi connectivity index (χ0n) is 31.3. The average Bonchev–Trinajstić information content (AvgIpc) is 3.96. The summed E-state index contributed by atoms with van der Waals surface area (Å²) in [7, 11) is 0. The number of benzene rings is 9. The second-order valence-electron chi connectivity index (χ2n) is 14.9. The van der Waals surface area contributed by atoms with Gasteiger partial charge in [0.15, 0.2) is 0 Å². The van der Waals surface area contributed by atoms with Gasteiger partial charge in [-0.2, -0.15) is 0 Å². The van der Waals surface area contributed by atoms with E-state index in [0.29, 0.717) is 0 Å². The number of thiophene rings is 2. The van der Waals surface area contributed by atoms with Crippen molar-refractivity contribution in [3.63, 3.8) is 0 Å². The van der Waals surface area contributed by atoms with Crippen LogP contribution in [0.5, 0.6) is 0 Å².